The standard InChI is InChI=1S/C11H20F2N4O2/c1-10(2,3)19-9(18)15-7-5-4-6-11(12,13)8(7)16-17-14/h7-9,15,18H,4-6H2,1-3H3/t7-,8-,9+/m1/s1. The molecule has 0 aromatic heterocycles. The zero-order chi connectivity index (χ0) is 14.7. The van der Waals surface area contributed by atoms with E-state index in [0.717, 1.165) is 0 Å². The van der Waals surface area contributed by atoms with Gasteiger partial charge in [0.05, 0.1) is 5.60 Å². The van der Waals surface area contributed by atoms with Crippen molar-refractivity contribution in [1.29, 1.82) is 0 Å². The van der Waals surface area contributed by atoms with Crippen molar-refractivity contribution in [3.63, 3.8) is 0 Å². The average Bonchev–Trinajstić information content (AvgIpc) is 2.20. The van der Waals surface area contributed by atoms with Gasteiger partial charge in [0.25, 0.3) is 5.92 Å². The van der Waals surface area contributed by atoms with Crippen LogP contribution in [-0.4, -0.2) is 35.1 Å². The molecule has 3 atom stereocenters. The quantitative estimate of drug-likeness (QED) is 0.358. The fraction of sp³-hybridized carbons (Fsp3) is 1.00. The molecular formula is C11H20F2N4O2. The summed E-state index contributed by atoms with van der Waals surface area (Å²) in [6, 6.07) is -2.32. The minimum atomic E-state index is -3.07. The molecule has 1 rings (SSSR count). The number of nitrogens with one attached hydrogen (secondary N) is 1. The zero-order valence-electron chi connectivity index (χ0n) is 11.3. The van der Waals surface area contributed by atoms with E-state index in [-0.39, 0.29) is 6.42 Å². The molecule has 0 amide bonds. The van der Waals surface area contributed by atoms with E-state index in [1.54, 1.807) is 20.8 Å². The molecule has 0 unspecified atom stereocenters. The summed E-state index contributed by atoms with van der Waals surface area (Å²) in [5.74, 6) is -3.07. The summed E-state index contributed by atoms with van der Waals surface area (Å²) in [6.07, 6.45) is -1.01. The number of alkyl halides is 2. The van der Waals surface area contributed by atoms with Crippen LogP contribution in [-0.2, 0) is 4.74 Å². The Morgan fingerprint density at radius 3 is 2.68 bits per heavy atom. The van der Waals surface area contributed by atoms with E-state index in [1.807, 2.05) is 0 Å². The lowest BCUT2D eigenvalue weighted by Crippen LogP contribution is -2.55. The molecule has 0 heterocycles. The van der Waals surface area contributed by atoms with E-state index in [4.69, 9.17) is 10.3 Å². The van der Waals surface area contributed by atoms with Gasteiger partial charge in [0, 0.05) is 17.4 Å². The van der Waals surface area contributed by atoms with Gasteiger partial charge in [-0.3, -0.25) is 5.32 Å². The van der Waals surface area contributed by atoms with Crippen LogP contribution in [0.5, 0.6) is 0 Å². The fourth-order valence-electron chi connectivity index (χ4n) is 2.10. The molecule has 0 aromatic rings. The molecule has 1 saturated carbocycles. The topological polar surface area (TPSA) is 90.2 Å². The van der Waals surface area contributed by atoms with Crippen LogP contribution in [0.15, 0.2) is 5.11 Å². The van der Waals surface area contributed by atoms with E-state index in [2.05, 4.69) is 15.3 Å². The van der Waals surface area contributed by atoms with Crippen molar-refractivity contribution in [2.24, 2.45) is 5.11 Å². The Hall–Kier alpha value is -0.950. The van der Waals surface area contributed by atoms with Crippen molar-refractivity contribution in [1.82, 2.24) is 5.32 Å². The second-order valence-electron chi connectivity index (χ2n) is 5.66. The maximum atomic E-state index is 13.7. The molecule has 1 aliphatic carbocycles. The monoisotopic (exact) mass is 278 g/mol. The highest BCUT2D eigenvalue weighted by atomic mass is 19.3. The maximum absolute atomic E-state index is 13.7. The molecule has 1 fully saturated rings. The van der Waals surface area contributed by atoms with Gasteiger partial charge in [-0.1, -0.05) is 5.11 Å². The van der Waals surface area contributed by atoms with Gasteiger partial charge in [-0.05, 0) is 39.1 Å². The molecule has 1 aliphatic rings. The first-order valence-electron chi connectivity index (χ1n) is 6.20. The third-order valence-electron chi connectivity index (χ3n) is 2.84. The van der Waals surface area contributed by atoms with Crippen molar-refractivity contribution in [2.75, 3.05) is 0 Å². The van der Waals surface area contributed by atoms with E-state index in [0.29, 0.717) is 12.8 Å². The predicted octanol–water partition coefficient (Wildman–Crippen LogP) is 2.53. The first kappa shape index (κ1) is 16.1. The molecule has 110 valence electrons. The smallest absolute Gasteiger partial charge is 0.258 e. The van der Waals surface area contributed by atoms with Crippen LogP contribution in [0, 0.1) is 0 Å². The van der Waals surface area contributed by atoms with Gasteiger partial charge in [0.1, 0.15) is 6.04 Å². The highest BCUT2D eigenvalue weighted by Gasteiger charge is 2.47. The van der Waals surface area contributed by atoms with Crippen LogP contribution >= 0.6 is 0 Å². The van der Waals surface area contributed by atoms with Crippen molar-refractivity contribution in [3.8, 4) is 0 Å². The number of nitrogens with zero attached hydrogens (tertiary/aromatic N) is 3. The number of aliphatic hydroxyl groups excluding tert-OH is 1. The Morgan fingerprint density at radius 2 is 2.16 bits per heavy atom. The van der Waals surface area contributed by atoms with Gasteiger partial charge in [0.15, 0.2) is 0 Å². The number of ether oxygens (including phenoxy) is 1. The van der Waals surface area contributed by atoms with Gasteiger partial charge in [0.2, 0.25) is 6.41 Å². The van der Waals surface area contributed by atoms with Crippen molar-refractivity contribution in [2.45, 2.75) is 70.1 Å². The van der Waals surface area contributed by atoms with Crippen LogP contribution in [0.1, 0.15) is 40.0 Å². The molecule has 0 radical (unpaired) electrons. The second kappa shape index (κ2) is 6.00. The van der Waals surface area contributed by atoms with Crippen LogP contribution in [0.4, 0.5) is 8.78 Å². The Balaban J connectivity index is 2.71. The van der Waals surface area contributed by atoms with Gasteiger partial charge in [-0.2, -0.15) is 0 Å². The summed E-state index contributed by atoms with van der Waals surface area (Å²) in [5, 5.41) is 15.4. The highest BCUT2D eigenvalue weighted by molar-refractivity contribution is 4.97. The lowest BCUT2D eigenvalue weighted by Gasteiger charge is -2.37. The summed E-state index contributed by atoms with van der Waals surface area (Å²) in [7, 11) is 0. The SMILES string of the molecule is CC(C)(C)O[C@H](O)N[C@@H]1CCCC(F)(F)[C@@H]1N=[N+]=[N-]. The van der Waals surface area contributed by atoms with E-state index < -0.39 is 30.0 Å². The maximum Gasteiger partial charge on any atom is 0.258 e. The van der Waals surface area contributed by atoms with Crippen molar-refractivity contribution < 1.29 is 18.6 Å². The molecule has 0 saturated heterocycles. The Morgan fingerprint density at radius 1 is 1.53 bits per heavy atom. The van der Waals surface area contributed by atoms with Gasteiger partial charge in [-0.15, -0.1) is 0 Å². The number of halogens is 2. The minimum Gasteiger partial charge on any atom is -0.356 e. The lowest BCUT2D eigenvalue weighted by atomic mass is 9.87. The number of rotatable bonds is 4. The Labute approximate surface area is 110 Å². The minimum absolute atomic E-state index is 0.296. The summed E-state index contributed by atoms with van der Waals surface area (Å²) in [6.45, 7) is 5.20. The number of azide groups is 1. The fourth-order valence-corrected chi connectivity index (χ4v) is 2.10. The number of hydrogen-bond donors (Lipinski definition) is 2. The molecule has 0 aliphatic heterocycles. The summed E-state index contributed by atoms with van der Waals surface area (Å²) >= 11 is 0. The first-order chi connectivity index (χ1) is 8.65. The van der Waals surface area contributed by atoms with Gasteiger partial charge < -0.3 is 9.84 Å². The highest BCUT2D eigenvalue weighted by Crippen LogP contribution is 2.36. The summed E-state index contributed by atoms with van der Waals surface area (Å²) < 4.78 is 32.5. The van der Waals surface area contributed by atoms with Crippen molar-refractivity contribution >= 4 is 0 Å². The molecule has 8 heteroatoms. The van der Waals surface area contributed by atoms with E-state index in [1.165, 1.54) is 0 Å². The third kappa shape index (κ3) is 4.91. The normalized spacial score (nSPS) is 28.5. The summed E-state index contributed by atoms with van der Waals surface area (Å²) in [5.41, 5.74) is 7.78. The number of aliphatic hydroxyl groups is 1. The van der Waals surface area contributed by atoms with E-state index in [9.17, 15) is 13.9 Å². The van der Waals surface area contributed by atoms with Crippen LogP contribution in [0.2, 0.25) is 0 Å². The molecule has 2 N–H and O–H groups in total. The molecule has 0 bridgehead atoms. The van der Waals surface area contributed by atoms with Crippen LogP contribution < -0.4 is 5.32 Å². The Bertz CT molecular complexity index is 353. The first-order valence-corrected chi connectivity index (χ1v) is 6.20. The Kier molecular flexibility index (Phi) is 5.09. The van der Waals surface area contributed by atoms with Gasteiger partial charge in [-0.25, -0.2) is 8.78 Å². The second-order valence-corrected chi connectivity index (χ2v) is 5.66. The van der Waals surface area contributed by atoms with Crippen LogP contribution in [0.3, 0.4) is 0 Å². The third-order valence-corrected chi connectivity index (χ3v) is 2.84. The summed E-state index contributed by atoms with van der Waals surface area (Å²) in [4.78, 5) is 2.47. The predicted molar refractivity (Wildman–Crippen MR) is 65.5 cm³/mol. The van der Waals surface area contributed by atoms with Crippen LogP contribution in [0.25, 0.3) is 10.4 Å². The molecule has 19 heavy (non-hydrogen) atoms. The number of hydrogen-bond acceptors (Lipinski definition) is 4. The van der Waals surface area contributed by atoms with E-state index >= 15 is 0 Å². The lowest BCUT2D eigenvalue weighted by molar-refractivity contribution is -0.191. The molecular weight excluding hydrogens is 258 g/mol. The van der Waals surface area contributed by atoms with Crippen molar-refractivity contribution in [3.05, 3.63) is 10.4 Å². The molecule has 0 spiro atoms. The molecule has 6 nitrogen and oxygen atoms in total. The largest absolute Gasteiger partial charge is 0.356 e. The zero-order valence-corrected chi connectivity index (χ0v) is 11.3. The average molecular weight is 278 g/mol. The van der Waals surface area contributed by atoms with Gasteiger partial charge >= 0.3 is 0 Å². The molecule has 0 aromatic carbocycles.